The highest BCUT2D eigenvalue weighted by Gasteiger charge is 2.23. The second-order valence-electron chi connectivity index (χ2n) is 6.92. The van der Waals surface area contributed by atoms with Crippen molar-refractivity contribution in [2.45, 2.75) is 6.92 Å². The van der Waals surface area contributed by atoms with Gasteiger partial charge >= 0.3 is 0 Å². The molecule has 0 atom stereocenters. The van der Waals surface area contributed by atoms with E-state index in [1.54, 1.807) is 24.3 Å². The summed E-state index contributed by atoms with van der Waals surface area (Å²) >= 11 is 5.91. The first kappa shape index (κ1) is 19.2. The molecular formula is C22H21ClN4O2. The number of benzene rings is 2. The Kier molecular flexibility index (Phi) is 5.62. The molecule has 1 amide bonds. The standard InChI is InChI=1S/C22H21ClN4O2/c1-16-2-4-17(5-3-16)22(28)27-12-10-26(11-13-27)20-14-21(25-15-24-20)29-19-8-6-18(23)7-9-19/h2-9,14-15H,10-13H2,1H3. The van der Waals surface area contributed by atoms with Crippen LogP contribution in [0, 0.1) is 6.92 Å². The van der Waals surface area contributed by atoms with E-state index in [-0.39, 0.29) is 5.91 Å². The molecule has 4 rings (SSSR count). The number of halogens is 1. The number of ether oxygens (including phenoxy) is 1. The summed E-state index contributed by atoms with van der Waals surface area (Å²) in [4.78, 5) is 25.3. The summed E-state index contributed by atoms with van der Waals surface area (Å²) in [6.45, 7) is 4.71. The maximum atomic E-state index is 12.7. The van der Waals surface area contributed by atoms with Gasteiger partial charge in [0.1, 0.15) is 17.9 Å². The number of hydrogen-bond acceptors (Lipinski definition) is 5. The second-order valence-corrected chi connectivity index (χ2v) is 7.35. The molecule has 0 spiro atoms. The lowest BCUT2D eigenvalue weighted by Gasteiger charge is -2.35. The molecule has 7 heteroatoms. The van der Waals surface area contributed by atoms with Gasteiger partial charge in [-0.3, -0.25) is 4.79 Å². The van der Waals surface area contributed by atoms with Crippen LogP contribution < -0.4 is 9.64 Å². The number of carbonyl (C=O) groups is 1. The Balaban J connectivity index is 1.39. The van der Waals surface area contributed by atoms with E-state index >= 15 is 0 Å². The number of piperazine rings is 1. The topological polar surface area (TPSA) is 58.6 Å². The molecule has 1 saturated heterocycles. The predicted molar refractivity (Wildman–Crippen MR) is 113 cm³/mol. The average Bonchev–Trinajstić information content (AvgIpc) is 2.76. The number of aryl methyl sites for hydroxylation is 1. The van der Waals surface area contributed by atoms with Crippen LogP contribution in [0.5, 0.6) is 11.6 Å². The van der Waals surface area contributed by atoms with Crippen molar-refractivity contribution in [1.29, 1.82) is 0 Å². The molecule has 2 heterocycles. The minimum absolute atomic E-state index is 0.0686. The van der Waals surface area contributed by atoms with Gasteiger partial charge in [-0.2, -0.15) is 0 Å². The summed E-state index contributed by atoms with van der Waals surface area (Å²) in [5.41, 5.74) is 1.87. The Morgan fingerprint density at radius 2 is 1.66 bits per heavy atom. The first-order valence-electron chi connectivity index (χ1n) is 9.45. The van der Waals surface area contributed by atoms with Crippen LogP contribution in [0.25, 0.3) is 0 Å². The number of hydrogen-bond donors (Lipinski definition) is 0. The van der Waals surface area contributed by atoms with E-state index in [1.807, 2.05) is 42.2 Å². The summed E-state index contributed by atoms with van der Waals surface area (Å²) in [6, 6.07) is 16.6. The van der Waals surface area contributed by atoms with Crippen molar-refractivity contribution in [3.63, 3.8) is 0 Å². The number of rotatable bonds is 4. The quantitative estimate of drug-likeness (QED) is 0.647. The van der Waals surface area contributed by atoms with Gasteiger partial charge in [0.2, 0.25) is 5.88 Å². The van der Waals surface area contributed by atoms with Gasteiger partial charge in [-0.1, -0.05) is 29.3 Å². The number of amides is 1. The van der Waals surface area contributed by atoms with E-state index in [0.717, 1.165) is 16.9 Å². The number of aromatic nitrogens is 2. The average molecular weight is 409 g/mol. The molecule has 1 fully saturated rings. The van der Waals surface area contributed by atoms with E-state index in [1.165, 1.54) is 6.33 Å². The van der Waals surface area contributed by atoms with Crippen LogP contribution in [0.3, 0.4) is 0 Å². The molecule has 1 aromatic heterocycles. The summed E-state index contributed by atoms with van der Waals surface area (Å²) in [6.07, 6.45) is 1.49. The highest BCUT2D eigenvalue weighted by molar-refractivity contribution is 6.30. The van der Waals surface area contributed by atoms with Crippen molar-refractivity contribution in [1.82, 2.24) is 14.9 Å². The van der Waals surface area contributed by atoms with Gasteiger partial charge in [-0.15, -0.1) is 0 Å². The lowest BCUT2D eigenvalue weighted by molar-refractivity contribution is 0.0746. The van der Waals surface area contributed by atoms with Crippen LogP contribution in [-0.4, -0.2) is 47.0 Å². The third-order valence-electron chi connectivity index (χ3n) is 4.85. The molecule has 0 radical (unpaired) electrons. The van der Waals surface area contributed by atoms with Crippen molar-refractivity contribution in [2.24, 2.45) is 0 Å². The van der Waals surface area contributed by atoms with E-state index in [2.05, 4.69) is 14.9 Å². The Hall–Kier alpha value is -3.12. The Labute approximate surface area is 174 Å². The molecule has 2 aromatic carbocycles. The molecule has 29 heavy (non-hydrogen) atoms. The maximum Gasteiger partial charge on any atom is 0.253 e. The smallest absolute Gasteiger partial charge is 0.253 e. The fourth-order valence-electron chi connectivity index (χ4n) is 3.20. The molecule has 0 bridgehead atoms. The van der Waals surface area contributed by atoms with Crippen LogP contribution in [0.15, 0.2) is 60.9 Å². The van der Waals surface area contributed by atoms with Crippen molar-refractivity contribution < 1.29 is 9.53 Å². The van der Waals surface area contributed by atoms with E-state index in [9.17, 15) is 4.79 Å². The molecular weight excluding hydrogens is 388 g/mol. The number of anilines is 1. The summed E-state index contributed by atoms with van der Waals surface area (Å²) in [5, 5.41) is 0.652. The first-order chi connectivity index (χ1) is 14.1. The minimum atomic E-state index is 0.0686. The first-order valence-corrected chi connectivity index (χ1v) is 9.83. The SMILES string of the molecule is Cc1ccc(C(=O)N2CCN(c3cc(Oc4ccc(Cl)cc4)ncn3)CC2)cc1. The number of carbonyl (C=O) groups excluding carboxylic acids is 1. The zero-order valence-corrected chi connectivity index (χ0v) is 16.8. The van der Waals surface area contributed by atoms with Crippen molar-refractivity contribution >= 4 is 23.3 Å². The minimum Gasteiger partial charge on any atom is -0.439 e. The van der Waals surface area contributed by atoms with Crippen LogP contribution >= 0.6 is 11.6 Å². The summed E-state index contributed by atoms with van der Waals surface area (Å²) < 4.78 is 5.79. The zero-order valence-electron chi connectivity index (χ0n) is 16.1. The Bertz CT molecular complexity index is 984. The third-order valence-corrected chi connectivity index (χ3v) is 5.10. The van der Waals surface area contributed by atoms with Crippen LogP contribution in [0.2, 0.25) is 5.02 Å². The summed E-state index contributed by atoms with van der Waals surface area (Å²) in [5.74, 6) is 1.98. The van der Waals surface area contributed by atoms with Gasteiger partial charge < -0.3 is 14.5 Å². The normalized spacial score (nSPS) is 14.0. The fourth-order valence-corrected chi connectivity index (χ4v) is 3.33. The highest BCUT2D eigenvalue weighted by atomic mass is 35.5. The van der Waals surface area contributed by atoms with E-state index < -0.39 is 0 Å². The molecule has 148 valence electrons. The maximum absolute atomic E-state index is 12.7. The molecule has 1 aliphatic rings. The van der Waals surface area contributed by atoms with Gasteiger partial charge in [0, 0.05) is 42.8 Å². The lowest BCUT2D eigenvalue weighted by Crippen LogP contribution is -2.49. The van der Waals surface area contributed by atoms with Crippen LogP contribution in [0.4, 0.5) is 5.82 Å². The number of nitrogens with zero attached hydrogens (tertiary/aromatic N) is 4. The zero-order chi connectivity index (χ0) is 20.2. The van der Waals surface area contributed by atoms with Crippen molar-refractivity contribution in [2.75, 3.05) is 31.1 Å². The van der Waals surface area contributed by atoms with Crippen molar-refractivity contribution in [3.05, 3.63) is 77.1 Å². The van der Waals surface area contributed by atoms with Gasteiger partial charge in [0.25, 0.3) is 5.91 Å². The largest absolute Gasteiger partial charge is 0.439 e. The van der Waals surface area contributed by atoms with Crippen LogP contribution in [0.1, 0.15) is 15.9 Å². The second kappa shape index (κ2) is 8.49. The third kappa shape index (κ3) is 4.66. The molecule has 0 N–H and O–H groups in total. The molecule has 0 unspecified atom stereocenters. The predicted octanol–water partition coefficient (Wildman–Crippen LogP) is 4.19. The van der Waals surface area contributed by atoms with Gasteiger partial charge in [-0.25, -0.2) is 9.97 Å². The van der Waals surface area contributed by atoms with Crippen molar-refractivity contribution in [3.8, 4) is 11.6 Å². The summed E-state index contributed by atoms with van der Waals surface area (Å²) in [7, 11) is 0. The fraction of sp³-hybridized carbons (Fsp3) is 0.227. The van der Waals surface area contributed by atoms with Gasteiger partial charge in [0.15, 0.2) is 0 Å². The Morgan fingerprint density at radius 3 is 2.34 bits per heavy atom. The monoisotopic (exact) mass is 408 g/mol. The van der Waals surface area contributed by atoms with E-state index in [4.69, 9.17) is 16.3 Å². The Morgan fingerprint density at radius 1 is 0.966 bits per heavy atom. The molecule has 0 aliphatic carbocycles. The van der Waals surface area contributed by atoms with Crippen LogP contribution in [-0.2, 0) is 0 Å². The van der Waals surface area contributed by atoms with E-state index in [0.29, 0.717) is 42.8 Å². The molecule has 3 aromatic rings. The van der Waals surface area contributed by atoms with Gasteiger partial charge in [-0.05, 0) is 43.3 Å². The molecule has 1 aliphatic heterocycles. The highest BCUT2D eigenvalue weighted by Crippen LogP contribution is 2.24. The molecule has 0 saturated carbocycles. The molecule has 6 nitrogen and oxygen atoms in total. The lowest BCUT2D eigenvalue weighted by atomic mass is 10.1. The van der Waals surface area contributed by atoms with Gasteiger partial charge in [0.05, 0.1) is 0 Å².